The van der Waals surface area contributed by atoms with E-state index in [1.165, 1.54) is 6.26 Å². The molecule has 1 saturated heterocycles. The Morgan fingerprint density at radius 1 is 1.30 bits per heavy atom. The molecule has 1 fully saturated rings. The molecule has 2 N–H and O–H groups in total. The molecule has 144 valence electrons. The summed E-state index contributed by atoms with van der Waals surface area (Å²) in [6.07, 6.45) is 2.33. The van der Waals surface area contributed by atoms with E-state index >= 15 is 0 Å². The van der Waals surface area contributed by atoms with Crippen LogP contribution < -0.4 is 10.6 Å². The number of hydrogen-bond acceptors (Lipinski definition) is 4. The van der Waals surface area contributed by atoms with Crippen molar-refractivity contribution in [3.63, 3.8) is 0 Å². The fraction of sp³-hybridized carbons (Fsp3) is 0.400. The van der Waals surface area contributed by atoms with Gasteiger partial charge in [-0.15, -0.1) is 0 Å². The molecule has 2 heterocycles. The van der Waals surface area contributed by atoms with Crippen molar-refractivity contribution in [2.24, 2.45) is 0 Å². The van der Waals surface area contributed by atoms with E-state index in [-0.39, 0.29) is 30.4 Å². The van der Waals surface area contributed by atoms with Gasteiger partial charge in [-0.25, -0.2) is 0 Å². The molecule has 3 rings (SSSR count). The number of benzene rings is 1. The first-order valence-corrected chi connectivity index (χ1v) is 9.39. The fourth-order valence-corrected chi connectivity index (χ4v) is 3.60. The van der Waals surface area contributed by atoms with Gasteiger partial charge in [0.1, 0.15) is 5.76 Å². The normalized spacial score (nSPS) is 19.3. The maximum absolute atomic E-state index is 12.7. The Morgan fingerprint density at radius 3 is 2.78 bits per heavy atom. The number of nitrogens with zero attached hydrogens (tertiary/aromatic N) is 1. The average Bonchev–Trinajstić information content (AvgIpc) is 3.22. The van der Waals surface area contributed by atoms with Crippen LogP contribution >= 0.6 is 11.6 Å². The first-order valence-electron chi connectivity index (χ1n) is 9.02. The van der Waals surface area contributed by atoms with E-state index in [1.54, 1.807) is 25.1 Å². The van der Waals surface area contributed by atoms with Gasteiger partial charge in [-0.2, -0.15) is 0 Å². The average molecular weight is 390 g/mol. The van der Waals surface area contributed by atoms with Gasteiger partial charge in [0, 0.05) is 29.3 Å². The summed E-state index contributed by atoms with van der Waals surface area (Å²) in [6.45, 7) is 6.47. The maximum atomic E-state index is 12.7. The molecule has 27 heavy (non-hydrogen) atoms. The summed E-state index contributed by atoms with van der Waals surface area (Å²) in [5.41, 5.74) is 2.15. The van der Waals surface area contributed by atoms with Gasteiger partial charge in [-0.05, 0) is 51.0 Å². The number of nitrogens with one attached hydrogen (secondary N) is 2. The van der Waals surface area contributed by atoms with E-state index in [0.717, 1.165) is 12.0 Å². The summed E-state index contributed by atoms with van der Waals surface area (Å²) in [7, 11) is 0. The zero-order valence-electron chi connectivity index (χ0n) is 15.7. The van der Waals surface area contributed by atoms with Gasteiger partial charge in [0.25, 0.3) is 5.91 Å². The lowest BCUT2D eigenvalue weighted by Gasteiger charge is -2.25. The molecule has 1 aromatic heterocycles. The first-order chi connectivity index (χ1) is 12.9. The van der Waals surface area contributed by atoms with Gasteiger partial charge in [0.2, 0.25) is 5.91 Å². The minimum absolute atomic E-state index is 0.00694. The molecular formula is C20H24ClN3O3. The molecule has 2 amide bonds. The topological polar surface area (TPSA) is 74.6 Å². The predicted molar refractivity (Wildman–Crippen MR) is 105 cm³/mol. The van der Waals surface area contributed by atoms with Crippen LogP contribution in [0.1, 0.15) is 35.0 Å². The number of carbonyl (C=O) groups is 2. The number of carbonyl (C=O) groups excluding carboxylic acids is 2. The van der Waals surface area contributed by atoms with Crippen LogP contribution in [0.2, 0.25) is 5.02 Å². The number of amides is 2. The third-order valence-electron chi connectivity index (χ3n) is 5.17. The Kier molecular flexibility index (Phi) is 5.87. The zero-order valence-corrected chi connectivity index (χ0v) is 16.5. The van der Waals surface area contributed by atoms with Crippen LogP contribution in [0.15, 0.2) is 34.9 Å². The van der Waals surface area contributed by atoms with Gasteiger partial charge in [-0.3, -0.25) is 9.59 Å². The van der Waals surface area contributed by atoms with Crippen LogP contribution in [-0.2, 0) is 4.79 Å². The summed E-state index contributed by atoms with van der Waals surface area (Å²) in [5, 5.41) is 6.76. The van der Waals surface area contributed by atoms with Crippen molar-refractivity contribution in [2.75, 3.05) is 18.4 Å². The largest absolute Gasteiger partial charge is 0.469 e. The lowest BCUT2D eigenvalue weighted by atomic mass is 10.1. The SMILES string of the molecule is Cc1occc1C(=O)N1CCC(NCC(=O)Nc2cccc(Cl)c2C)C1C. The van der Waals surface area contributed by atoms with Crippen molar-refractivity contribution in [1.29, 1.82) is 0 Å². The van der Waals surface area contributed by atoms with Crippen molar-refractivity contribution in [3.05, 3.63) is 52.4 Å². The minimum Gasteiger partial charge on any atom is -0.469 e. The molecule has 0 aliphatic carbocycles. The molecule has 7 heteroatoms. The molecule has 0 spiro atoms. The molecule has 0 saturated carbocycles. The van der Waals surface area contributed by atoms with E-state index in [1.807, 2.05) is 24.8 Å². The Balaban J connectivity index is 1.54. The van der Waals surface area contributed by atoms with E-state index in [9.17, 15) is 9.59 Å². The highest BCUT2D eigenvalue weighted by Crippen LogP contribution is 2.24. The molecule has 1 aromatic carbocycles. The highest BCUT2D eigenvalue weighted by atomic mass is 35.5. The van der Waals surface area contributed by atoms with Gasteiger partial charge in [-0.1, -0.05) is 17.7 Å². The summed E-state index contributed by atoms with van der Waals surface area (Å²) in [6, 6.07) is 7.17. The quantitative estimate of drug-likeness (QED) is 0.822. The second kappa shape index (κ2) is 8.15. The van der Waals surface area contributed by atoms with Crippen LogP contribution in [0, 0.1) is 13.8 Å². The Bertz CT molecular complexity index is 849. The fourth-order valence-electron chi connectivity index (χ4n) is 3.42. The number of likely N-dealkylation sites (tertiary alicyclic amines) is 1. The molecule has 2 atom stereocenters. The standard InChI is InChI=1S/C20H24ClN3O3/c1-12-16(21)5-4-6-17(12)23-19(25)11-22-18-7-9-24(13(18)2)20(26)15-8-10-27-14(15)3/h4-6,8,10,13,18,22H,7,9,11H2,1-3H3,(H,23,25). The Labute approximate surface area is 163 Å². The van der Waals surface area contributed by atoms with E-state index in [0.29, 0.717) is 28.6 Å². The second-order valence-electron chi connectivity index (χ2n) is 6.87. The van der Waals surface area contributed by atoms with Gasteiger partial charge in [0.15, 0.2) is 0 Å². The highest BCUT2D eigenvalue weighted by molar-refractivity contribution is 6.31. The van der Waals surface area contributed by atoms with Crippen molar-refractivity contribution in [3.8, 4) is 0 Å². The summed E-state index contributed by atoms with van der Waals surface area (Å²) >= 11 is 6.09. The molecule has 1 aliphatic rings. The molecular weight excluding hydrogens is 366 g/mol. The third-order valence-corrected chi connectivity index (χ3v) is 5.58. The molecule has 6 nitrogen and oxygen atoms in total. The van der Waals surface area contributed by atoms with E-state index in [4.69, 9.17) is 16.0 Å². The minimum atomic E-state index is -0.136. The van der Waals surface area contributed by atoms with Gasteiger partial charge < -0.3 is 20.0 Å². The number of aryl methyl sites for hydroxylation is 1. The number of halogens is 1. The Hall–Kier alpha value is -2.31. The lowest BCUT2D eigenvalue weighted by molar-refractivity contribution is -0.115. The zero-order chi connectivity index (χ0) is 19.6. The van der Waals surface area contributed by atoms with Crippen LogP contribution in [0.5, 0.6) is 0 Å². The molecule has 2 unspecified atom stereocenters. The Morgan fingerprint density at radius 2 is 2.07 bits per heavy atom. The van der Waals surface area contributed by atoms with Crippen LogP contribution in [0.3, 0.4) is 0 Å². The van der Waals surface area contributed by atoms with Crippen molar-refractivity contribution < 1.29 is 14.0 Å². The van der Waals surface area contributed by atoms with E-state index in [2.05, 4.69) is 10.6 Å². The maximum Gasteiger partial charge on any atom is 0.257 e. The van der Waals surface area contributed by atoms with Crippen LogP contribution in [0.4, 0.5) is 5.69 Å². The predicted octanol–water partition coefficient (Wildman–Crippen LogP) is 3.38. The number of rotatable bonds is 5. The summed E-state index contributed by atoms with van der Waals surface area (Å²) in [5.74, 6) is 0.458. The van der Waals surface area contributed by atoms with Crippen molar-refractivity contribution in [1.82, 2.24) is 10.2 Å². The summed E-state index contributed by atoms with van der Waals surface area (Å²) in [4.78, 5) is 26.8. The second-order valence-corrected chi connectivity index (χ2v) is 7.27. The van der Waals surface area contributed by atoms with Crippen molar-refractivity contribution >= 4 is 29.1 Å². The molecule has 0 bridgehead atoms. The highest BCUT2D eigenvalue weighted by Gasteiger charge is 2.35. The van der Waals surface area contributed by atoms with Crippen LogP contribution in [0.25, 0.3) is 0 Å². The van der Waals surface area contributed by atoms with Crippen LogP contribution in [-0.4, -0.2) is 41.9 Å². The number of hydrogen-bond donors (Lipinski definition) is 2. The smallest absolute Gasteiger partial charge is 0.257 e. The molecule has 0 radical (unpaired) electrons. The van der Waals surface area contributed by atoms with Crippen molar-refractivity contribution in [2.45, 2.75) is 39.3 Å². The van der Waals surface area contributed by atoms with Gasteiger partial charge >= 0.3 is 0 Å². The first kappa shape index (κ1) is 19.5. The lowest BCUT2D eigenvalue weighted by Crippen LogP contribution is -2.45. The third kappa shape index (κ3) is 4.17. The van der Waals surface area contributed by atoms with Gasteiger partial charge in [0.05, 0.1) is 18.4 Å². The number of anilines is 1. The number of furan rings is 1. The van der Waals surface area contributed by atoms with E-state index < -0.39 is 0 Å². The monoisotopic (exact) mass is 389 g/mol. The summed E-state index contributed by atoms with van der Waals surface area (Å²) < 4.78 is 5.24. The molecule has 1 aliphatic heterocycles. The molecule has 2 aromatic rings.